The first-order valence-corrected chi connectivity index (χ1v) is 6.09. The molecule has 1 heterocycles. The van der Waals surface area contributed by atoms with E-state index in [1.54, 1.807) is 6.07 Å². The highest BCUT2D eigenvalue weighted by Crippen LogP contribution is 2.38. The summed E-state index contributed by atoms with van der Waals surface area (Å²) in [5.74, 6) is 2.43. The molecular formula is C13H17NO3. The fraction of sp³-hybridized carbons (Fsp3) is 0.538. The topological polar surface area (TPSA) is 50.7 Å². The molecule has 0 amide bonds. The van der Waals surface area contributed by atoms with Crippen LogP contribution in [0, 0.1) is 5.92 Å². The van der Waals surface area contributed by atoms with Crippen LogP contribution in [0.3, 0.4) is 0 Å². The fourth-order valence-electron chi connectivity index (χ4n) is 2.15. The van der Waals surface area contributed by atoms with Gasteiger partial charge in [-0.05, 0) is 31.7 Å². The summed E-state index contributed by atoms with van der Waals surface area (Å²) in [7, 11) is 0. The fourth-order valence-corrected chi connectivity index (χ4v) is 2.15. The van der Waals surface area contributed by atoms with Crippen LogP contribution in [0.15, 0.2) is 12.1 Å². The molecule has 3 rings (SSSR count). The molecule has 1 aromatic rings. The van der Waals surface area contributed by atoms with E-state index >= 15 is 0 Å². The van der Waals surface area contributed by atoms with Crippen LogP contribution in [0.25, 0.3) is 0 Å². The lowest BCUT2D eigenvalue weighted by Gasteiger charge is -2.13. The molecule has 0 saturated heterocycles. The lowest BCUT2D eigenvalue weighted by Crippen LogP contribution is -2.27. The first kappa shape index (κ1) is 10.7. The summed E-state index contributed by atoms with van der Waals surface area (Å²) < 4.78 is 10.5. The van der Waals surface area contributed by atoms with E-state index in [0.717, 1.165) is 17.2 Å². The Morgan fingerprint density at radius 2 is 2.06 bits per heavy atom. The molecule has 1 atom stereocenters. The minimum atomic E-state index is 0.240. The predicted molar refractivity (Wildman–Crippen MR) is 63.3 cm³/mol. The van der Waals surface area contributed by atoms with Crippen molar-refractivity contribution in [1.82, 2.24) is 5.32 Å². The Kier molecular flexibility index (Phi) is 2.59. The van der Waals surface area contributed by atoms with Crippen molar-refractivity contribution in [3.63, 3.8) is 0 Å². The highest BCUT2D eigenvalue weighted by atomic mass is 16.7. The van der Waals surface area contributed by atoms with Crippen molar-refractivity contribution >= 4 is 0 Å². The molecule has 1 saturated carbocycles. The first-order valence-electron chi connectivity index (χ1n) is 6.09. The minimum Gasteiger partial charge on any atom is -0.507 e. The number of phenolic OH excluding ortho intramolecular Hbond substituents is 1. The van der Waals surface area contributed by atoms with Crippen molar-refractivity contribution in [3.05, 3.63) is 17.7 Å². The monoisotopic (exact) mass is 235 g/mol. The van der Waals surface area contributed by atoms with Gasteiger partial charge in [0, 0.05) is 24.2 Å². The maximum atomic E-state index is 9.87. The number of phenols is 1. The third kappa shape index (κ3) is 2.17. The molecule has 0 aromatic heterocycles. The van der Waals surface area contributed by atoms with Crippen molar-refractivity contribution in [2.45, 2.75) is 32.4 Å². The van der Waals surface area contributed by atoms with E-state index in [2.05, 4.69) is 12.2 Å². The zero-order chi connectivity index (χ0) is 11.8. The Labute approximate surface area is 101 Å². The van der Waals surface area contributed by atoms with Gasteiger partial charge in [0.15, 0.2) is 11.5 Å². The zero-order valence-electron chi connectivity index (χ0n) is 9.90. The van der Waals surface area contributed by atoms with E-state index in [1.807, 2.05) is 6.07 Å². The van der Waals surface area contributed by atoms with Crippen LogP contribution in [0.1, 0.15) is 25.3 Å². The summed E-state index contributed by atoms with van der Waals surface area (Å²) in [6.45, 7) is 3.10. The van der Waals surface area contributed by atoms with Crippen molar-refractivity contribution in [3.8, 4) is 17.2 Å². The molecule has 0 radical (unpaired) electrons. The van der Waals surface area contributed by atoms with Crippen molar-refractivity contribution < 1.29 is 14.6 Å². The van der Waals surface area contributed by atoms with E-state index in [1.165, 1.54) is 12.8 Å². The predicted octanol–water partition coefficient (Wildman–Crippen LogP) is 2.01. The molecule has 2 N–H and O–H groups in total. The number of rotatable bonds is 4. The molecule has 4 heteroatoms. The summed E-state index contributed by atoms with van der Waals surface area (Å²) in [6, 6.07) is 3.99. The standard InChI is InChI=1S/C13H17NO3/c1-8(9-2-3-9)14-6-10-4-12-13(5-11(10)15)17-7-16-12/h4-5,8-9,14-15H,2-3,6-7H2,1H3. The number of benzene rings is 1. The molecule has 92 valence electrons. The Morgan fingerprint density at radius 3 is 2.76 bits per heavy atom. The molecular weight excluding hydrogens is 218 g/mol. The van der Waals surface area contributed by atoms with Crippen LogP contribution in [0.4, 0.5) is 0 Å². The Bertz CT molecular complexity index is 429. The molecule has 0 spiro atoms. The van der Waals surface area contributed by atoms with Crippen LogP contribution in [-0.4, -0.2) is 17.9 Å². The zero-order valence-corrected chi connectivity index (χ0v) is 9.90. The van der Waals surface area contributed by atoms with Gasteiger partial charge in [-0.25, -0.2) is 0 Å². The molecule has 4 nitrogen and oxygen atoms in total. The molecule has 1 unspecified atom stereocenters. The summed E-state index contributed by atoms with van der Waals surface area (Å²) in [5.41, 5.74) is 0.863. The average molecular weight is 235 g/mol. The summed E-state index contributed by atoms with van der Waals surface area (Å²) >= 11 is 0. The second-order valence-electron chi connectivity index (χ2n) is 4.84. The molecule has 0 bridgehead atoms. The highest BCUT2D eigenvalue weighted by molar-refractivity contribution is 5.51. The third-order valence-corrected chi connectivity index (χ3v) is 3.52. The summed E-state index contributed by atoms with van der Waals surface area (Å²) in [5, 5.41) is 13.3. The van der Waals surface area contributed by atoms with Gasteiger partial charge in [-0.15, -0.1) is 0 Å². The molecule has 1 aliphatic carbocycles. The third-order valence-electron chi connectivity index (χ3n) is 3.52. The number of ether oxygens (including phenoxy) is 2. The molecule has 1 aromatic carbocycles. The number of nitrogens with one attached hydrogen (secondary N) is 1. The highest BCUT2D eigenvalue weighted by Gasteiger charge is 2.27. The van der Waals surface area contributed by atoms with Crippen LogP contribution in [-0.2, 0) is 6.54 Å². The number of hydrogen-bond donors (Lipinski definition) is 2. The minimum absolute atomic E-state index is 0.240. The maximum Gasteiger partial charge on any atom is 0.231 e. The van der Waals surface area contributed by atoms with Gasteiger partial charge >= 0.3 is 0 Å². The van der Waals surface area contributed by atoms with Gasteiger partial charge < -0.3 is 19.9 Å². The van der Waals surface area contributed by atoms with E-state index < -0.39 is 0 Å². The van der Waals surface area contributed by atoms with Crippen LogP contribution < -0.4 is 14.8 Å². The molecule has 17 heavy (non-hydrogen) atoms. The summed E-state index contributed by atoms with van der Waals surface area (Å²) in [4.78, 5) is 0. The van der Waals surface area contributed by atoms with Crippen LogP contribution in [0.2, 0.25) is 0 Å². The van der Waals surface area contributed by atoms with E-state index in [-0.39, 0.29) is 12.5 Å². The van der Waals surface area contributed by atoms with Crippen LogP contribution >= 0.6 is 0 Å². The van der Waals surface area contributed by atoms with Gasteiger partial charge in [0.1, 0.15) is 5.75 Å². The molecule has 1 fully saturated rings. The van der Waals surface area contributed by atoms with E-state index in [4.69, 9.17) is 9.47 Å². The number of aromatic hydroxyl groups is 1. The van der Waals surface area contributed by atoms with Gasteiger partial charge in [0.2, 0.25) is 6.79 Å². The largest absolute Gasteiger partial charge is 0.507 e. The maximum absolute atomic E-state index is 9.87. The first-order chi connectivity index (χ1) is 8.24. The molecule has 2 aliphatic rings. The van der Waals surface area contributed by atoms with E-state index in [9.17, 15) is 5.11 Å². The SMILES string of the molecule is CC(NCc1cc2c(cc1O)OCO2)C1CC1. The summed E-state index contributed by atoms with van der Waals surface area (Å²) in [6.07, 6.45) is 2.64. The average Bonchev–Trinajstić information content (AvgIpc) is 3.07. The Morgan fingerprint density at radius 1 is 1.35 bits per heavy atom. The Hall–Kier alpha value is -1.42. The molecule has 1 aliphatic heterocycles. The van der Waals surface area contributed by atoms with Crippen LogP contribution in [0.5, 0.6) is 17.2 Å². The van der Waals surface area contributed by atoms with Crippen molar-refractivity contribution in [1.29, 1.82) is 0 Å². The smallest absolute Gasteiger partial charge is 0.231 e. The van der Waals surface area contributed by atoms with Crippen molar-refractivity contribution in [2.75, 3.05) is 6.79 Å². The van der Waals surface area contributed by atoms with Crippen molar-refractivity contribution in [2.24, 2.45) is 5.92 Å². The quantitative estimate of drug-likeness (QED) is 0.838. The second kappa shape index (κ2) is 4.11. The van der Waals surface area contributed by atoms with Gasteiger partial charge in [0.05, 0.1) is 0 Å². The second-order valence-corrected chi connectivity index (χ2v) is 4.84. The number of hydrogen-bond acceptors (Lipinski definition) is 4. The lowest BCUT2D eigenvalue weighted by atomic mass is 10.1. The van der Waals surface area contributed by atoms with Gasteiger partial charge in [-0.3, -0.25) is 0 Å². The number of fused-ring (bicyclic) bond motifs is 1. The van der Waals surface area contributed by atoms with Gasteiger partial charge in [-0.1, -0.05) is 0 Å². The Balaban J connectivity index is 1.69. The lowest BCUT2D eigenvalue weighted by molar-refractivity contribution is 0.174. The normalized spacial score (nSPS) is 19.4. The van der Waals surface area contributed by atoms with E-state index in [0.29, 0.717) is 18.3 Å². The van der Waals surface area contributed by atoms with Gasteiger partial charge in [0.25, 0.3) is 0 Å². The van der Waals surface area contributed by atoms with Gasteiger partial charge in [-0.2, -0.15) is 0 Å².